The molecule has 0 bridgehead atoms. The van der Waals surface area contributed by atoms with E-state index in [0.717, 1.165) is 17.3 Å². The van der Waals surface area contributed by atoms with Crippen molar-refractivity contribution in [3.05, 3.63) is 53.0 Å². The van der Waals surface area contributed by atoms with E-state index in [9.17, 15) is 13.9 Å². The topological polar surface area (TPSA) is 73.6 Å². The predicted octanol–water partition coefficient (Wildman–Crippen LogP) is 1.65. The predicted molar refractivity (Wildman–Crippen MR) is 98.0 cm³/mol. The summed E-state index contributed by atoms with van der Waals surface area (Å²) in [7, 11) is 0. The molecule has 0 amide bonds. The van der Waals surface area contributed by atoms with Crippen molar-refractivity contribution >= 4 is 11.5 Å². The molecule has 1 unspecified atom stereocenters. The van der Waals surface area contributed by atoms with Crippen molar-refractivity contribution in [1.29, 1.82) is 0 Å². The largest absolute Gasteiger partial charge is 0.389 e. The van der Waals surface area contributed by atoms with Crippen LogP contribution in [0, 0.1) is 11.6 Å². The second-order valence-electron chi connectivity index (χ2n) is 7.39. The van der Waals surface area contributed by atoms with Crippen LogP contribution in [0.5, 0.6) is 0 Å². The number of aromatic nitrogens is 2. The molecule has 4 rings (SSSR count). The van der Waals surface area contributed by atoms with Crippen molar-refractivity contribution < 1.29 is 13.9 Å². The molecule has 1 fully saturated rings. The third kappa shape index (κ3) is 3.30. The SMILES string of the molecule is CC(C)(O)C1CN(c2nc(C3=NCc4ncccc43)c(F)cc2F)CCN1. The zero-order valence-corrected chi connectivity index (χ0v) is 15.2. The maximum atomic E-state index is 14.5. The Morgan fingerprint density at radius 2 is 2.11 bits per heavy atom. The van der Waals surface area contributed by atoms with Gasteiger partial charge in [0.25, 0.3) is 0 Å². The maximum Gasteiger partial charge on any atom is 0.168 e. The standard InChI is InChI=1S/C19H21F2N5O/c1-19(2,27)15-10-26(7-6-23-15)18-13(21)8-12(20)17(25-18)16-11-4-3-5-22-14(11)9-24-16/h3-5,8,15,23,27H,6-7,9-10H2,1-2H3. The van der Waals surface area contributed by atoms with Crippen molar-refractivity contribution in [2.75, 3.05) is 24.5 Å². The van der Waals surface area contributed by atoms with Gasteiger partial charge in [-0.25, -0.2) is 13.8 Å². The van der Waals surface area contributed by atoms with E-state index in [1.807, 2.05) is 6.07 Å². The number of hydrogen-bond acceptors (Lipinski definition) is 6. The molecule has 142 valence electrons. The molecule has 27 heavy (non-hydrogen) atoms. The molecule has 0 radical (unpaired) electrons. The number of hydrogen-bond donors (Lipinski definition) is 2. The molecular weight excluding hydrogens is 352 g/mol. The van der Waals surface area contributed by atoms with E-state index in [1.165, 1.54) is 0 Å². The summed E-state index contributed by atoms with van der Waals surface area (Å²) in [4.78, 5) is 14.6. The van der Waals surface area contributed by atoms with Crippen LogP contribution >= 0.6 is 0 Å². The van der Waals surface area contributed by atoms with E-state index in [2.05, 4.69) is 20.3 Å². The van der Waals surface area contributed by atoms with Gasteiger partial charge in [-0.05, 0) is 26.0 Å². The highest BCUT2D eigenvalue weighted by molar-refractivity contribution is 6.14. The van der Waals surface area contributed by atoms with Crippen molar-refractivity contribution in [1.82, 2.24) is 15.3 Å². The van der Waals surface area contributed by atoms with Crippen molar-refractivity contribution in [2.24, 2.45) is 4.99 Å². The van der Waals surface area contributed by atoms with Gasteiger partial charge < -0.3 is 15.3 Å². The number of halogens is 2. The Kier molecular flexibility index (Phi) is 4.39. The summed E-state index contributed by atoms with van der Waals surface area (Å²) in [6, 6.07) is 4.17. The fourth-order valence-electron chi connectivity index (χ4n) is 3.48. The smallest absolute Gasteiger partial charge is 0.168 e. The summed E-state index contributed by atoms with van der Waals surface area (Å²) in [5.74, 6) is -1.40. The first-order valence-corrected chi connectivity index (χ1v) is 8.90. The van der Waals surface area contributed by atoms with Crippen molar-refractivity contribution in [3.63, 3.8) is 0 Å². The van der Waals surface area contributed by atoms with E-state index in [0.29, 0.717) is 31.9 Å². The Bertz CT molecular complexity index is 909. The Morgan fingerprint density at radius 3 is 2.89 bits per heavy atom. The zero-order chi connectivity index (χ0) is 19.2. The first kappa shape index (κ1) is 17.9. The van der Waals surface area contributed by atoms with Crippen molar-refractivity contribution in [3.8, 4) is 0 Å². The van der Waals surface area contributed by atoms with Gasteiger partial charge in [0.2, 0.25) is 0 Å². The van der Waals surface area contributed by atoms with Gasteiger partial charge in [-0.2, -0.15) is 0 Å². The molecule has 6 nitrogen and oxygen atoms in total. The first-order chi connectivity index (χ1) is 12.8. The van der Waals surface area contributed by atoms with Gasteiger partial charge in [-0.1, -0.05) is 0 Å². The van der Waals surface area contributed by atoms with Crippen LogP contribution < -0.4 is 10.2 Å². The molecule has 8 heteroatoms. The Labute approximate surface area is 156 Å². The number of rotatable bonds is 3. The molecule has 2 aliphatic heterocycles. The second-order valence-corrected chi connectivity index (χ2v) is 7.39. The van der Waals surface area contributed by atoms with Crippen LogP contribution in [0.2, 0.25) is 0 Å². The van der Waals surface area contributed by atoms with Crippen LogP contribution in [-0.4, -0.2) is 52.1 Å². The molecule has 1 saturated heterocycles. The Hall–Kier alpha value is -2.45. The van der Waals surface area contributed by atoms with E-state index in [-0.39, 0.29) is 17.6 Å². The normalized spacial score (nSPS) is 19.8. The molecular formula is C19H21F2N5O. The average Bonchev–Trinajstić information content (AvgIpc) is 3.05. The lowest BCUT2D eigenvalue weighted by Gasteiger charge is -2.40. The fraction of sp³-hybridized carbons (Fsp3) is 0.421. The van der Waals surface area contributed by atoms with Gasteiger partial charge in [-0.15, -0.1) is 0 Å². The summed E-state index contributed by atoms with van der Waals surface area (Å²) >= 11 is 0. The molecule has 2 N–H and O–H groups in total. The third-order valence-electron chi connectivity index (χ3n) is 5.00. The van der Waals surface area contributed by atoms with Crippen LogP contribution in [0.3, 0.4) is 0 Å². The van der Waals surface area contributed by atoms with Crippen LogP contribution in [0.15, 0.2) is 29.4 Å². The molecule has 0 aromatic carbocycles. The first-order valence-electron chi connectivity index (χ1n) is 8.90. The highest BCUT2D eigenvalue weighted by Gasteiger charge is 2.33. The summed E-state index contributed by atoms with van der Waals surface area (Å²) in [5.41, 5.74) is 0.917. The lowest BCUT2D eigenvalue weighted by molar-refractivity contribution is 0.0362. The average molecular weight is 373 g/mol. The van der Waals surface area contributed by atoms with Crippen LogP contribution in [0.25, 0.3) is 0 Å². The third-order valence-corrected chi connectivity index (χ3v) is 5.00. The number of nitrogens with zero attached hydrogens (tertiary/aromatic N) is 4. The minimum Gasteiger partial charge on any atom is -0.389 e. The highest BCUT2D eigenvalue weighted by atomic mass is 19.1. The van der Waals surface area contributed by atoms with E-state index in [4.69, 9.17) is 0 Å². The number of aliphatic imine (C=N–C) groups is 1. The number of fused-ring (bicyclic) bond motifs is 1. The number of aliphatic hydroxyl groups is 1. The fourth-order valence-corrected chi connectivity index (χ4v) is 3.48. The van der Waals surface area contributed by atoms with Crippen LogP contribution in [0.4, 0.5) is 14.6 Å². The zero-order valence-electron chi connectivity index (χ0n) is 15.2. The molecule has 0 aliphatic carbocycles. The van der Waals surface area contributed by atoms with Gasteiger partial charge in [0, 0.05) is 37.5 Å². The molecule has 0 spiro atoms. The molecule has 2 aromatic rings. The van der Waals surface area contributed by atoms with Gasteiger partial charge in [0.05, 0.1) is 29.6 Å². The lowest BCUT2D eigenvalue weighted by Crippen LogP contribution is -2.59. The second kappa shape index (κ2) is 6.61. The molecule has 1 atom stereocenters. The molecule has 2 aliphatic rings. The number of pyridine rings is 2. The van der Waals surface area contributed by atoms with Gasteiger partial charge >= 0.3 is 0 Å². The van der Waals surface area contributed by atoms with Crippen LogP contribution in [-0.2, 0) is 6.54 Å². The van der Waals surface area contributed by atoms with E-state index < -0.39 is 17.2 Å². The van der Waals surface area contributed by atoms with Gasteiger partial charge in [0.15, 0.2) is 17.5 Å². The minimum absolute atomic E-state index is 0.0245. The van der Waals surface area contributed by atoms with Gasteiger partial charge in [0.1, 0.15) is 5.69 Å². The summed E-state index contributed by atoms with van der Waals surface area (Å²) < 4.78 is 29.1. The lowest BCUT2D eigenvalue weighted by atomic mass is 9.97. The van der Waals surface area contributed by atoms with Crippen LogP contribution in [0.1, 0.15) is 30.8 Å². The highest BCUT2D eigenvalue weighted by Crippen LogP contribution is 2.27. The Morgan fingerprint density at radius 1 is 1.30 bits per heavy atom. The number of anilines is 1. The van der Waals surface area contributed by atoms with E-state index >= 15 is 0 Å². The summed E-state index contributed by atoms with van der Waals surface area (Å²) in [5, 5.41) is 13.5. The van der Waals surface area contributed by atoms with E-state index in [1.54, 1.807) is 31.0 Å². The Balaban J connectivity index is 1.71. The molecule has 2 aromatic heterocycles. The minimum atomic E-state index is -0.974. The summed E-state index contributed by atoms with van der Waals surface area (Å²) in [6.45, 7) is 5.19. The van der Waals surface area contributed by atoms with Gasteiger partial charge in [-0.3, -0.25) is 9.98 Å². The molecule has 4 heterocycles. The number of piperazine rings is 1. The maximum absolute atomic E-state index is 14.5. The van der Waals surface area contributed by atoms with Crippen molar-refractivity contribution in [2.45, 2.75) is 32.0 Å². The summed E-state index contributed by atoms with van der Waals surface area (Å²) in [6.07, 6.45) is 1.66. The quantitative estimate of drug-likeness (QED) is 0.856. The molecule has 0 saturated carbocycles. The number of nitrogens with one attached hydrogen (secondary N) is 1. The monoisotopic (exact) mass is 373 g/mol.